The summed E-state index contributed by atoms with van der Waals surface area (Å²) in [6.45, 7) is 2.09. The molecule has 0 aliphatic heterocycles. The minimum Gasteiger partial charge on any atom is -0.482 e. The highest BCUT2D eigenvalue weighted by atomic mass is 79.9. The third kappa shape index (κ3) is 8.08. The first kappa shape index (κ1) is 28.2. The fourth-order valence-electron chi connectivity index (χ4n) is 4.92. The maximum absolute atomic E-state index is 13.8. The van der Waals surface area contributed by atoms with Crippen molar-refractivity contribution in [1.82, 2.24) is 10.2 Å². The number of hydrogen-bond donors (Lipinski definition) is 1. The number of carbonyl (C=O) groups excluding carboxylic acids is 2. The lowest BCUT2D eigenvalue weighted by Crippen LogP contribution is -2.53. The molecule has 1 atom stereocenters. The van der Waals surface area contributed by atoms with Crippen LogP contribution in [0.25, 0.3) is 0 Å². The van der Waals surface area contributed by atoms with Gasteiger partial charge < -0.3 is 15.0 Å². The highest BCUT2D eigenvalue weighted by molar-refractivity contribution is 9.10. The normalized spacial score (nSPS) is 14.5. The molecule has 0 unspecified atom stereocenters. The smallest absolute Gasteiger partial charge is 0.261 e. The van der Waals surface area contributed by atoms with E-state index in [2.05, 4.69) is 21.2 Å². The number of hydrogen-bond acceptors (Lipinski definition) is 3. The molecule has 0 aromatic heterocycles. The summed E-state index contributed by atoms with van der Waals surface area (Å²) in [5.41, 5.74) is 3.05. The van der Waals surface area contributed by atoms with Gasteiger partial charge in [-0.25, -0.2) is 0 Å². The van der Waals surface area contributed by atoms with Gasteiger partial charge in [-0.1, -0.05) is 107 Å². The molecular formula is C31H34BrClN2O3. The fourth-order valence-corrected chi connectivity index (χ4v) is 5.65. The van der Waals surface area contributed by atoms with Crippen molar-refractivity contribution in [2.45, 2.75) is 64.1 Å². The molecule has 0 radical (unpaired) electrons. The number of carbonyl (C=O) groups is 2. The van der Waals surface area contributed by atoms with Crippen molar-refractivity contribution < 1.29 is 14.3 Å². The maximum atomic E-state index is 13.8. The third-order valence-electron chi connectivity index (χ3n) is 6.90. The monoisotopic (exact) mass is 596 g/mol. The lowest BCUT2D eigenvalue weighted by atomic mass is 9.94. The second-order valence-electron chi connectivity index (χ2n) is 9.92. The van der Waals surface area contributed by atoms with Gasteiger partial charge in [-0.15, -0.1) is 0 Å². The highest BCUT2D eigenvalue weighted by Crippen LogP contribution is 2.28. The lowest BCUT2D eigenvalue weighted by Gasteiger charge is -2.33. The summed E-state index contributed by atoms with van der Waals surface area (Å²) in [4.78, 5) is 29.3. The van der Waals surface area contributed by atoms with Crippen LogP contribution in [0.2, 0.25) is 5.02 Å². The van der Waals surface area contributed by atoms with E-state index in [0.717, 1.165) is 46.8 Å². The molecule has 1 aliphatic rings. The van der Waals surface area contributed by atoms with Crippen molar-refractivity contribution in [3.8, 4) is 5.75 Å². The van der Waals surface area contributed by atoms with Crippen LogP contribution in [0, 0.1) is 6.92 Å². The van der Waals surface area contributed by atoms with Gasteiger partial charge in [0.1, 0.15) is 11.8 Å². The van der Waals surface area contributed by atoms with Crippen molar-refractivity contribution in [3.05, 3.63) is 99.0 Å². The van der Waals surface area contributed by atoms with Crippen LogP contribution in [0.3, 0.4) is 0 Å². The van der Waals surface area contributed by atoms with Crippen LogP contribution in [-0.4, -0.2) is 35.4 Å². The molecule has 4 rings (SSSR count). The Morgan fingerprint density at radius 1 is 1.00 bits per heavy atom. The van der Waals surface area contributed by atoms with Crippen LogP contribution >= 0.6 is 27.5 Å². The first-order valence-corrected chi connectivity index (χ1v) is 14.3. The van der Waals surface area contributed by atoms with E-state index in [-0.39, 0.29) is 24.5 Å². The number of amides is 2. The number of benzene rings is 3. The molecule has 0 bridgehead atoms. The van der Waals surface area contributed by atoms with Gasteiger partial charge in [-0.05, 0) is 49.1 Å². The van der Waals surface area contributed by atoms with E-state index in [1.54, 1.807) is 17.0 Å². The molecule has 0 saturated heterocycles. The second kappa shape index (κ2) is 13.8. The van der Waals surface area contributed by atoms with E-state index in [0.29, 0.717) is 23.7 Å². The first-order valence-electron chi connectivity index (χ1n) is 13.2. The fraction of sp³-hybridized carbons (Fsp3) is 0.355. The zero-order valence-corrected chi connectivity index (χ0v) is 24.0. The third-order valence-corrected chi connectivity index (χ3v) is 7.69. The average Bonchev–Trinajstić information content (AvgIpc) is 2.91. The number of aryl methyl sites for hydroxylation is 1. The summed E-state index contributed by atoms with van der Waals surface area (Å²) >= 11 is 9.71. The van der Waals surface area contributed by atoms with Crippen LogP contribution < -0.4 is 10.1 Å². The molecule has 2 amide bonds. The zero-order chi connectivity index (χ0) is 26.9. The van der Waals surface area contributed by atoms with Gasteiger partial charge >= 0.3 is 0 Å². The predicted molar refractivity (Wildman–Crippen MR) is 155 cm³/mol. The molecule has 3 aromatic carbocycles. The Bertz CT molecular complexity index is 1230. The van der Waals surface area contributed by atoms with E-state index < -0.39 is 6.04 Å². The number of ether oxygens (including phenoxy) is 1. The van der Waals surface area contributed by atoms with Crippen LogP contribution in [-0.2, 0) is 22.6 Å². The standard InChI is InChI=1S/C31H34BrClN2O3/c1-22-9-8-12-24(17-22)20-35(30(36)21-38-29-16-15-25(32)19-27(29)33)28(18-23-10-4-2-5-11-23)31(37)34-26-13-6-3-7-14-26/h2,4-5,8-12,15-17,19,26,28H,3,6-7,13-14,18,20-21H2,1H3,(H,34,37)/t28-/m0/s1. The quantitative estimate of drug-likeness (QED) is 0.277. The van der Waals surface area contributed by atoms with Crippen LogP contribution in [0.4, 0.5) is 0 Å². The van der Waals surface area contributed by atoms with Gasteiger partial charge in [0.15, 0.2) is 6.61 Å². The summed E-state index contributed by atoms with van der Waals surface area (Å²) < 4.78 is 6.67. The summed E-state index contributed by atoms with van der Waals surface area (Å²) in [7, 11) is 0. The summed E-state index contributed by atoms with van der Waals surface area (Å²) in [5, 5.41) is 3.67. The van der Waals surface area contributed by atoms with Crippen molar-refractivity contribution in [2.24, 2.45) is 0 Å². The SMILES string of the molecule is Cc1cccc(CN(C(=O)COc2ccc(Br)cc2Cl)[C@@H](Cc2ccccc2)C(=O)NC2CCCCC2)c1. The van der Waals surface area contributed by atoms with Crippen molar-refractivity contribution >= 4 is 39.3 Å². The Morgan fingerprint density at radius 3 is 2.45 bits per heavy atom. The van der Waals surface area contributed by atoms with Gasteiger partial charge in [0, 0.05) is 23.5 Å². The Morgan fingerprint density at radius 2 is 1.74 bits per heavy atom. The largest absolute Gasteiger partial charge is 0.482 e. The number of nitrogens with one attached hydrogen (secondary N) is 1. The van der Waals surface area contributed by atoms with E-state index in [4.69, 9.17) is 16.3 Å². The maximum Gasteiger partial charge on any atom is 0.261 e. The highest BCUT2D eigenvalue weighted by Gasteiger charge is 2.32. The van der Waals surface area contributed by atoms with Gasteiger partial charge in [0.2, 0.25) is 5.91 Å². The van der Waals surface area contributed by atoms with Gasteiger partial charge in [-0.2, -0.15) is 0 Å². The Balaban J connectivity index is 1.62. The minimum absolute atomic E-state index is 0.122. The molecule has 0 spiro atoms. The van der Waals surface area contributed by atoms with E-state index in [1.165, 1.54) is 6.42 Å². The van der Waals surface area contributed by atoms with Crippen molar-refractivity contribution in [1.29, 1.82) is 0 Å². The molecule has 3 aromatic rings. The summed E-state index contributed by atoms with van der Waals surface area (Å²) in [5.74, 6) is 0.0265. The van der Waals surface area contributed by atoms with Crippen molar-refractivity contribution in [3.63, 3.8) is 0 Å². The molecule has 5 nitrogen and oxygen atoms in total. The molecule has 1 saturated carbocycles. The van der Waals surface area contributed by atoms with Crippen molar-refractivity contribution in [2.75, 3.05) is 6.61 Å². The average molecular weight is 598 g/mol. The molecule has 38 heavy (non-hydrogen) atoms. The molecule has 1 N–H and O–H groups in total. The molecule has 0 heterocycles. The molecule has 200 valence electrons. The van der Waals surface area contributed by atoms with Crippen LogP contribution in [0.15, 0.2) is 77.3 Å². The molecule has 1 fully saturated rings. The number of halogens is 2. The molecule has 1 aliphatic carbocycles. The van der Waals surface area contributed by atoms with E-state index in [9.17, 15) is 9.59 Å². The van der Waals surface area contributed by atoms with Gasteiger partial charge in [0.25, 0.3) is 5.91 Å². The van der Waals surface area contributed by atoms with Gasteiger partial charge in [-0.3, -0.25) is 9.59 Å². The predicted octanol–water partition coefficient (Wildman–Crippen LogP) is 6.88. The first-order chi connectivity index (χ1) is 18.4. The molecular weight excluding hydrogens is 564 g/mol. The summed E-state index contributed by atoms with van der Waals surface area (Å²) in [6.07, 6.45) is 5.79. The zero-order valence-electron chi connectivity index (χ0n) is 21.7. The summed E-state index contributed by atoms with van der Waals surface area (Å²) in [6, 6.07) is 22.6. The Kier molecular flexibility index (Phi) is 10.2. The topological polar surface area (TPSA) is 58.6 Å². The van der Waals surface area contributed by atoms with Crippen LogP contribution in [0.5, 0.6) is 5.75 Å². The van der Waals surface area contributed by atoms with Crippen LogP contribution in [0.1, 0.15) is 48.8 Å². The Labute approximate surface area is 238 Å². The van der Waals surface area contributed by atoms with E-state index in [1.807, 2.05) is 67.6 Å². The lowest BCUT2D eigenvalue weighted by molar-refractivity contribution is -0.143. The number of nitrogens with zero attached hydrogens (tertiary/aromatic N) is 1. The molecule has 7 heteroatoms. The second-order valence-corrected chi connectivity index (χ2v) is 11.2. The number of rotatable bonds is 10. The van der Waals surface area contributed by atoms with E-state index >= 15 is 0 Å². The minimum atomic E-state index is -0.684. The van der Waals surface area contributed by atoms with Gasteiger partial charge in [0.05, 0.1) is 5.02 Å². The Hall–Kier alpha value is -2.83.